The third-order valence-corrected chi connectivity index (χ3v) is 2.40. The van der Waals surface area contributed by atoms with Crippen LogP contribution in [0.3, 0.4) is 0 Å². The molecule has 0 saturated carbocycles. The minimum Gasteiger partial charge on any atom is -0.439 e. The van der Waals surface area contributed by atoms with Crippen molar-refractivity contribution in [3.8, 4) is 11.6 Å². The SMILES string of the molecule is NNC(=O)c1ccc(Oc2cc(C(F)(F)F)ncn2)cc1. The molecule has 1 aromatic heterocycles. The van der Waals surface area contributed by atoms with Crippen LogP contribution >= 0.6 is 0 Å². The molecule has 0 aliphatic rings. The molecule has 0 aliphatic heterocycles. The summed E-state index contributed by atoms with van der Waals surface area (Å²) in [6.45, 7) is 0. The molecule has 0 radical (unpaired) electrons. The summed E-state index contributed by atoms with van der Waals surface area (Å²) in [4.78, 5) is 17.9. The molecule has 0 atom stereocenters. The Morgan fingerprint density at radius 3 is 2.43 bits per heavy atom. The van der Waals surface area contributed by atoms with Crippen molar-refractivity contribution < 1.29 is 22.7 Å². The number of aromatic nitrogens is 2. The number of ether oxygens (including phenoxy) is 1. The van der Waals surface area contributed by atoms with Gasteiger partial charge in [0.1, 0.15) is 12.1 Å². The van der Waals surface area contributed by atoms with E-state index in [1.165, 1.54) is 24.3 Å². The van der Waals surface area contributed by atoms with Gasteiger partial charge < -0.3 is 4.74 Å². The Labute approximate surface area is 116 Å². The van der Waals surface area contributed by atoms with E-state index in [0.29, 0.717) is 6.07 Å². The third kappa shape index (κ3) is 3.66. The fourth-order valence-corrected chi connectivity index (χ4v) is 1.43. The Morgan fingerprint density at radius 2 is 1.86 bits per heavy atom. The number of benzene rings is 1. The van der Waals surface area contributed by atoms with Crippen LogP contribution < -0.4 is 16.0 Å². The zero-order chi connectivity index (χ0) is 15.5. The molecule has 1 heterocycles. The standard InChI is InChI=1S/C12H9F3N4O2/c13-12(14,15)9-5-10(18-6-17-9)21-8-3-1-7(2-4-8)11(20)19-16/h1-6H,16H2,(H,19,20). The molecule has 2 rings (SSSR count). The quantitative estimate of drug-likeness (QED) is 0.513. The second-order valence-corrected chi connectivity index (χ2v) is 3.84. The minimum atomic E-state index is -4.58. The zero-order valence-electron chi connectivity index (χ0n) is 10.4. The lowest BCUT2D eigenvalue weighted by molar-refractivity contribution is -0.141. The van der Waals surface area contributed by atoms with Crippen LogP contribution in [0.1, 0.15) is 16.1 Å². The first-order valence-corrected chi connectivity index (χ1v) is 5.58. The number of hydrogen-bond donors (Lipinski definition) is 2. The summed E-state index contributed by atoms with van der Waals surface area (Å²) < 4.78 is 42.6. The summed E-state index contributed by atoms with van der Waals surface area (Å²) in [6, 6.07) is 6.30. The summed E-state index contributed by atoms with van der Waals surface area (Å²) in [5, 5.41) is 0. The maximum Gasteiger partial charge on any atom is 0.433 e. The van der Waals surface area contributed by atoms with E-state index in [2.05, 4.69) is 9.97 Å². The van der Waals surface area contributed by atoms with Crippen molar-refractivity contribution in [2.24, 2.45) is 5.84 Å². The first-order chi connectivity index (χ1) is 9.90. The zero-order valence-corrected chi connectivity index (χ0v) is 10.4. The Bertz CT molecular complexity index is 644. The number of carbonyl (C=O) groups excluding carboxylic acids is 1. The van der Waals surface area contributed by atoms with E-state index >= 15 is 0 Å². The second kappa shape index (κ2) is 5.75. The van der Waals surface area contributed by atoms with Gasteiger partial charge in [0.15, 0.2) is 5.69 Å². The average Bonchev–Trinajstić information content (AvgIpc) is 2.47. The van der Waals surface area contributed by atoms with Crippen molar-refractivity contribution in [2.75, 3.05) is 0 Å². The molecule has 1 amide bonds. The number of amides is 1. The number of nitrogens with two attached hydrogens (primary N) is 1. The molecule has 6 nitrogen and oxygen atoms in total. The van der Waals surface area contributed by atoms with Crippen molar-refractivity contribution in [1.29, 1.82) is 0 Å². The third-order valence-electron chi connectivity index (χ3n) is 2.40. The molecule has 0 spiro atoms. The predicted molar refractivity (Wildman–Crippen MR) is 65.2 cm³/mol. The Kier molecular flexibility index (Phi) is 4.03. The topological polar surface area (TPSA) is 90.1 Å². The number of alkyl halides is 3. The normalized spacial score (nSPS) is 11.0. The summed E-state index contributed by atoms with van der Waals surface area (Å²) >= 11 is 0. The van der Waals surface area contributed by atoms with Crippen molar-refractivity contribution in [3.05, 3.63) is 47.9 Å². The number of nitrogen functional groups attached to an aromatic ring is 1. The molecule has 1 aromatic carbocycles. The van der Waals surface area contributed by atoms with Gasteiger partial charge >= 0.3 is 6.18 Å². The average molecular weight is 298 g/mol. The smallest absolute Gasteiger partial charge is 0.433 e. The lowest BCUT2D eigenvalue weighted by atomic mass is 10.2. The fourth-order valence-electron chi connectivity index (χ4n) is 1.43. The maximum atomic E-state index is 12.5. The fraction of sp³-hybridized carbons (Fsp3) is 0.0833. The summed E-state index contributed by atoms with van der Waals surface area (Å²) in [5.74, 6) is 4.43. The number of carbonyl (C=O) groups is 1. The van der Waals surface area contributed by atoms with Crippen LogP contribution in [0.25, 0.3) is 0 Å². The first kappa shape index (κ1) is 14.7. The molecule has 0 saturated heterocycles. The Morgan fingerprint density at radius 1 is 1.19 bits per heavy atom. The highest BCUT2D eigenvalue weighted by Gasteiger charge is 2.33. The molecule has 3 N–H and O–H groups in total. The van der Waals surface area contributed by atoms with Crippen LogP contribution in [0.5, 0.6) is 11.6 Å². The van der Waals surface area contributed by atoms with E-state index in [0.717, 1.165) is 6.33 Å². The minimum absolute atomic E-state index is 0.218. The monoisotopic (exact) mass is 298 g/mol. The Hall–Kier alpha value is -2.68. The largest absolute Gasteiger partial charge is 0.439 e. The van der Waals surface area contributed by atoms with Gasteiger partial charge in [0.25, 0.3) is 5.91 Å². The number of rotatable bonds is 3. The van der Waals surface area contributed by atoms with Gasteiger partial charge in [0, 0.05) is 11.6 Å². The molecule has 0 unspecified atom stereocenters. The van der Waals surface area contributed by atoms with Crippen LogP contribution in [-0.2, 0) is 6.18 Å². The van der Waals surface area contributed by atoms with Crippen molar-refractivity contribution in [3.63, 3.8) is 0 Å². The van der Waals surface area contributed by atoms with Gasteiger partial charge in [-0.2, -0.15) is 13.2 Å². The summed E-state index contributed by atoms with van der Waals surface area (Å²) in [7, 11) is 0. The van der Waals surface area contributed by atoms with E-state index < -0.39 is 17.8 Å². The van der Waals surface area contributed by atoms with Gasteiger partial charge in [0.2, 0.25) is 5.88 Å². The maximum absolute atomic E-state index is 12.5. The summed E-state index contributed by atoms with van der Waals surface area (Å²) in [5.41, 5.74) is 1.13. The second-order valence-electron chi connectivity index (χ2n) is 3.84. The molecule has 110 valence electrons. The molecular weight excluding hydrogens is 289 g/mol. The van der Waals surface area contributed by atoms with E-state index in [1.54, 1.807) is 0 Å². The molecule has 2 aromatic rings. The summed E-state index contributed by atoms with van der Waals surface area (Å²) in [6.07, 6.45) is -3.82. The van der Waals surface area contributed by atoms with Crippen LogP contribution in [0.4, 0.5) is 13.2 Å². The lowest BCUT2D eigenvalue weighted by Crippen LogP contribution is -2.29. The van der Waals surface area contributed by atoms with Crippen molar-refractivity contribution >= 4 is 5.91 Å². The van der Waals surface area contributed by atoms with Gasteiger partial charge in [-0.15, -0.1) is 0 Å². The van der Waals surface area contributed by atoms with Gasteiger partial charge in [0.05, 0.1) is 0 Å². The first-order valence-electron chi connectivity index (χ1n) is 5.58. The van der Waals surface area contributed by atoms with Crippen LogP contribution in [-0.4, -0.2) is 15.9 Å². The molecule has 0 bridgehead atoms. The highest BCUT2D eigenvalue weighted by Crippen LogP contribution is 2.29. The van der Waals surface area contributed by atoms with E-state index in [-0.39, 0.29) is 17.2 Å². The molecule has 0 aliphatic carbocycles. The number of hydrogen-bond acceptors (Lipinski definition) is 5. The predicted octanol–water partition coefficient (Wildman–Crippen LogP) is 1.89. The number of halogens is 3. The van der Waals surface area contributed by atoms with Crippen molar-refractivity contribution in [2.45, 2.75) is 6.18 Å². The highest BCUT2D eigenvalue weighted by atomic mass is 19.4. The number of nitrogens with zero attached hydrogens (tertiary/aromatic N) is 2. The van der Waals surface area contributed by atoms with E-state index in [4.69, 9.17) is 10.6 Å². The van der Waals surface area contributed by atoms with E-state index in [1.807, 2.05) is 5.43 Å². The number of hydrazine groups is 1. The van der Waals surface area contributed by atoms with Crippen molar-refractivity contribution in [1.82, 2.24) is 15.4 Å². The highest BCUT2D eigenvalue weighted by molar-refractivity contribution is 5.93. The Balaban J connectivity index is 2.17. The molecule has 21 heavy (non-hydrogen) atoms. The lowest BCUT2D eigenvalue weighted by Gasteiger charge is -2.08. The van der Waals surface area contributed by atoms with Gasteiger partial charge in [-0.1, -0.05) is 0 Å². The van der Waals surface area contributed by atoms with E-state index in [9.17, 15) is 18.0 Å². The molecule has 9 heteroatoms. The van der Waals surface area contributed by atoms with Gasteiger partial charge in [-0.25, -0.2) is 15.8 Å². The van der Waals surface area contributed by atoms with Crippen LogP contribution in [0, 0.1) is 0 Å². The molecular formula is C12H9F3N4O2. The molecule has 0 fully saturated rings. The van der Waals surface area contributed by atoms with Crippen LogP contribution in [0.2, 0.25) is 0 Å². The number of nitrogens with one attached hydrogen (secondary N) is 1. The van der Waals surface area contributed by atoms with Gasteiger partial charge in [-0.3, -0.25) is 10.2 Å². The van der Waals surface area contributed by atoms with Gasteiger partial charge in [-0.05, 0) is 24.3 Å². The van der Waals surface area contributed by atoms with Crippen LogP contribution in [0.15, 0.2) is 36.7 Å².